The topological polar surface area (TPSA) is 35.0 Å². The van der Waals surface area contributed by atoms with Crippen LogP contribution in [-0.4, -0.2) is 9.97 Å². The normalized spacial score (nSPS) is 10.3. The van der Waals surface area contributed by atoms with Crippen molar-refractivity contribution in [3.8, 4) is 5.75 Å². The van der Waals surface area contributed by atoms with E-state index >= 15 is 0 Å². The predicted octanol–water partition coefficient (Wildman–Crippen LogP) is 3.16. The Balaban J connectivity index is 2.07. The lowest BCUT2D eigenvalue weighted by Crippen LogP contribution is -2.00. The van der Waals surface area contributed by atoms with Crippen LogP contribution in [0.4, 0.5) is 4.39 Å². The average molecular weight is 253 g/mol. The van der Waals surface area contributed by atoms with E-state index in [0.29, 0.717) is 16.6 Å². The highest BCUT2D eigenvalue weighted by molar-refractivity contribution is 6.29. The number of aromatic nitrogens is 2. The van der Waals surface area contributed by atoms with E-state index in [1.165, 1.54) is 24.5 Å². The summed E-state index contributed by atoms with van der Waals surface area (Å²) in [6.45, 7) is 2.08. The monoisotopic (exact) mass is 252 g/mol. The molecule has 0 unspecified atom stereocenters. The summed E-state index contributed by atoms with van der Waals surface area (Å²) < 4.78 is 18.5. The summed E-state index contributed by atoms with van der Waals surface area (Å²) in [7, 11) is 0. The van der Waals surface area contributed by atoms with Crippen molar-refractivity contribution in [2.24, 2.45) is 0 Å². The van der Waals surface area contributed by atoms with Gasteiger partial charge in [0.2, 0.25) is 0 Å². The molecule has 0 saturated carbocycles. The Labute approximate surface area is 103 Å². The van der Waals surface area contributed by atoms with Crippen LogP contribution in [0.25, 0.3) is 0 Å². The van der Waals surface area contributed by atoms with Gasteiger partial charge in [-0.2, -0.15) is 0 Å². The standard InChI is InChI=1S/C12H10ClFN2O/c1-8-2-3-9(14)4-11(8)17-7-10-5-16-12(13)6-15-10/h2-6H,7H2,1H3. The molecule has 0 atom stereocenters. The Hall–Kier alpha value is -1.68. The van der Waals surface area contributed by atoms with Gasteiger partial charge in [0.25, 0.3) is 0 Å². The SMILES string of the molecule is Cc1ccc(F)cc1OCc1cnc(Cl)cn1. The summed E-state index contributed by atoms with van der Waals surface area (Å²) in [5, 5.41) is 0.329. The summed E-state index contributed by atoms with van der Waals surface area (Å²) >= 11 is 5.61. The molecule has 0 bridgehead atoms. The van der Waals surface area contributed by atoms with Crippen LogP contribution in [0.5, 0.6) is 5.75 Å². The number of hydrogen-bond donors (Lipinski definition) is 0. The van der Waals surface area contributed by atoms with Gasteiger partial charge < -0.3 is 4.74 Å². The highest BCUT2D eigenvalue weighted by atomic mass is 35.5. The Morgan fingerprint density at radius 2 is 2.12 bits per heavy atom. The maximum atomic E-state index is 13.0. The molecule has 2 aromatic rings. The van der Waals surface area contributed by atoms with E-state index in [0.717, 1.165) is 5.56 Å². The minimum atomic E-state index is -0.326. The van der Waals surface area contributed by atoms with Crippen molar-refractivity contribution in [2.75, 3.05) is 0 Å². The van der Waals surface area contributed by atoms with E-state index in [2.05, 4.69) is 9.97 Å². The lowest BCUT2D eigenvalue weighted by molar-refractivity contribution is 0.297. The molecule has 0 radical (unpaired) electrons. The van der Waals surface area contributed by atoms with Crippen LogP contribution >= 0.6 is 11.6 Å². The van der Waals surface area contributed by atoms with Gasteiger partial charge in [-0.05, 0) is 18.6 Å². The molecule has 1 aromatic carbocycles. The third-order valence-electron chi connectivity index (χ3n) is 2.20. The molecule has 0 aliphatic heterocycles. The molecule has 0 spiro atoms. The van der Waals surface area contributed by atoms with Gasteiger partial charge in [-0.3, -0.25) is 4.98 Å². The molecule has 0 N–H and O–H groups in total. The van der Waals surface area contributed by atoms with Gasteiger partial charge in [0.1, 0.15) is 23.3 Å². The second kappa shape index (κ2) is 5.10. The zero-order chi connectivity index (χ0) is 12.3. The Bertz CT molecular complexity index is 516. The number of benzene rings is 1. The number of nitrogens with zero attached hydrogens (tertiary/aromatic N) is 2. The van der Waals surface area contributed by atoms with Gasteiger partial charge >= 0.3 is 0 Å². The first-order valence-corrected chi connectivity index (χ1v) is 5.38. The molecule has 0 fully saturated rings. The molecule has 17 heavy (non-hydrogen) atoms. The van der Waals surface area contributed by atoms with Crippen molar-refractivity contribution in [1.29, 1.82) is 0 Å². The van der Waals surface area contributed by atoms with Crippen molar-refractivity contribution < 1.29 is 9.13 Å². The van der Waals surface area contributed by atoms with Crippen LogP contribution < -0.4 is 4.74 Å². The molecule has 5 heteroatoms. The minimum absolute atomic E-state index is 0.231. The first-order chi connectivity index (χ1) is 8.15. The molecule has 0 saturated heterocycles. The molecule has 1 aromatic heterocycles. The highest BCUT2D eigenvalue weighted by Crippen LogP contribution is 2.19. The summed E-state index contributed by atoms with van der Waals surface area (Å²) in [6.07, 6.45) is 2.97. The minimum Gasteiger partial charge on any atom is -0.487 e. The van der Waals surface area contributed by atoms with Gasteiger partial charge in [0.05, 0.1) is 18.1 Å². The fourth-order valence-electron chi connectivity index (χ4n) is 1.29. The number of halogens is 2. The molecule has 0 aliphatic carbocycles. The summed E-state index contributed by atoms with van der Waals surface area (Å²) in [6, 6.07) is 4.40. The quantitative estimate of drug-likeness (QED) is 0.842. The van der Waals surface area contributed by atoms with E-state index in [9.17, 15) is 4.39 Å². The summed E-state index contributed by atoms with van der Waals surface area (Å²) in [5.41, 5.74) is 1.51. The fourth-order valence-corrected chi connectivity index (χ4v) is 1.39. The molecule has 0 amide bonds. The van der Waals surface area contributed by atoms with Gasteiger partial charge in [0, 0.05) is 6.07 Å². The van der Waals surface area contributed by atoms with Crippen LogP contribution in [0.1, 0.15) is 11.3 Å². The number of aryl methyl sites for hydroxylation is 1. The zero-order valence-corrected chi connectivity index (χ0v) is 9.91. The second-order valence-corrected chi connectivity index (χ2v) is 3.92. The van der Waals surface area contributed by atoms with Crippen molar-refractivity contribution in [3.05, 3.63) is 52.8 Å². The smallest absolute Gasteiger partial charge is 0.147 e. The van der Waals surface area contributed by atoms with Crippen LogP contribution in [0, 0.1) is 12.7 Å². The van der Waals surface area contributed by atoms with E-state index in [1.807, 2.05) is 6.92 Å². The molecule has 0 aliphatic rings. The molecule has 88 valence electrons. The average Bonchev–Trinajstić information content (AvgIpc) is 2.32. The second-order valence-electron chi connectivity index (χ2n) is 3.53. The Morgan fingerprint density at radius 3 is 2.82 bits per heavy atom. The van der Waals surface area contributed by atoms with E-state index < -0.39 is 0 Å². The van der Waals surface area contributed by atoms with E-state index in [-0.39, 0.29) is 12.4 Å². The largest absolute Gasteiger partial charge is 0.487 e. The van der Waals surface area contributed by atoms with Crippen molar-refractivity contribution in [3.63, 3.8) is 0 Å². The zero-order valence-electron chi connectivity index (χ0n) is 9.15. The third-order valence-corrected chi connectivity index (χ3v) is 2.39. The van der Waals surface area contributed by atoms with Crippen LogP contribution in [0.15, 0.2) is 30.6 Å². The Kier molecular flexibility index (Phi) is 3.54. The summed E-state index contributed by atoms with van der Waals surface area (Å²) in [5.74, 6) is 0.176. The Morgan fingerprint density at radius 1 is 1.29 bits per heavy atom. The number of hydrogen-bond acceptors (Lipinski definition) is 3. The first-order valence-electron chi connectivity index (χ1n) is 5.00. The predicted molar refractivity (Wildman–Crippen MR) is 62.5 cm³/mol. The van der Waals surface area contributed by atoms with Gasteiger partial charge in [0.15, 0.2) is 0 Å². The van der Waals surface area contributed by atoms with Gasteiger partial charge in [-0.1, -0.05) is 17.7 Å². The van der Waals surface area contributed by atoms with E-state index in [1.54, 1.807) is 6.07 Å². The molecule has 1 heterocycles. The number of rotatable bonds is 3. The van der Waals surface area contributed by atoms with E-state index in [4.69, 9.17) is 16.3 Å². The molecular weight excluding hydrogens is 243 g/mol. The highest BCUT2D eigenvalue weighted by Gasteiger charge is 2.03. The van der Waals surface area contributed by atoms with Crippen molar-refractivity contribution >= 4 is 11.6 Å². The first kappa shape index (κ1) is 11.8. The van der Waals surface area contributed by atoms with Crippen LogP contribution in [0.2, 0.25) is 5.15 Å². The van der Waals surface area contributed by atoms with Crippen LogP contribution in [-0.2, 0) is 6.61 Å². The van der Waals surface area contributed by atoms with Gasteiger partial charge in [-0.15, -0.1) is 0 Å². The van der Waals surface area contributed by atoms with Crippen LogP contribution in [0.3, 0.4) is 0 Å². The number of ether oxygens (including phenoxy) is 1. The van der Waals surface area contributed by atoms with Crippen molar-refractivity contribution in [2.45, 2.75) is 13.5 Å². The molecule has 2 rings (SSSR count). The lowest BCUT2D eigenvalue weighted by atomic mass is 10.2. The maximum Gasteiger partial charge on any atom is 0.147 e. The van der Waals surface area contributed by atoms with Crippen molar-refractivity contribution in [1.82, 2.24) is 9.97 Å². The maximum absolute atomic E-state index is 13.0. The third kappa shape index (κ3) is 3.14. The summed E-state index contributed by atoms with van der Waals surface area (Å²) in [4.78, 5) is 7.91. The lowest BCUT2D eigenvalue weighted by Gasteiger charge is -2.08. The molecular formula is C12H10ClFN2O. The van der Waals surface area contributed by atoms with Gasteiger partial charge in [-0.25, -0.2) is 9.37 Å². The molecule has 3 nitrogen and oxygen atoms in total. The fraction of sp³-hybridized carbons (Fsp3) is 0.167.